The summed E-state index contributed by atoms with van der Waals surface area (Å²) >= 11 is 0. The van der Waals surface area contributed by atoms with Gasteiger partial charge in [-0.15, -0.1) is 0 Å². The van der Waals surface area contributed by atoms with Gasteiger partial charge in [0, 0.05) is 25.1 Å². The topological polar surface area (TPSA) is 119 Å². The summed E-state index contributed by atoms with van der Waals surface area (Å²) in [6.07, 6.45) is 0.829. The van der Waals surface area contributed by atoms with E-state index in [0.717, 1.165) is 31.6 Å². The molecule has 8 heteroatoms. The van der Waals surface area contributed by atoms with E-state index in [1.54, 1.807) is 0 Å². The molecule has 0 saturated carbocycles. The summed E-state index contributed by atoms with van der Waals surface area (Å²) in [4.78, 5) is 24.1. The quantitative estimate of drug-likeness (QED) is 0.690. The zero-order chi connectivity index (χ0) is 18.7. The highest BCUT2D eigenvalue weighted by Crippen LogP contribution is 2.23. The predicted octanol–water partition coefficient (Wildman–Crippen LogP) is 0.427. The first kappa shape index (κ1) is 18.3. The number of hydrogen-bond donors (Lipinski definition) is 3. The molecule has 2 aromatic rings. The van der Waals surface area contributed by atoms with Gasteiger partial charge in [-0.25, -0.2) is 0 Å². The van der Waals surface area contributed by atoms with Crippen LogP contribution in [-0.4, -0.2) is 52.1 Å². The van der Waals surface area contributed by atoms with Crippen LogP contribution in [0.1, 0.15) is 30.3 Å². The Morgan fingerprint density at radius 1 is 1.38 bits per heavy atom. The second-order valence-electron chi connectivity index (χ2n) is 6.70. The lowest BCUT2D eigenvalue weighted by Crippen LogP contribution is -2.50. The molecule has 2 atom stereocenters. The minimum absolute atomic E-state index is 0.222. The highest BCUT2D eigenvalue weighted by Gasteiger charge is 2.27. The van der Waals surface area contributed by atoms with Gasteiger partial charge in [0.05, 0.1) is 11.6 Å². The van der Waals surface area contributed by atoms with Crippen molar-refractivity contribution in [3.63, 3.8) is 0 Å². The molecule has 0 unspecified atom stereocenters. The van der Waals surface area contributed by atoms with Crippen molar-refractivity contribution in [2.75, 3.05) is 13.2 Å². The van der Waals surface area contributed by atoms with Crippen LogP contribution in [0.3, 0.4) is 0 Å². The van der Waals surface area contributed by atoms with Gasteiger partial charge in [-0.3, -0.25) is 14.3 Å². The van der Waals surface area contributed by atoms with Crippen LogP contribution in [0.25, 0.3) is 10.9 Å². The van der Waals surface area contributed by atoms with Crippen molar-refractivity contribution >= 4 is 22.7 Å². The van der Waals surface area contributed by atoms with Crippen LogP contribution in [0, 0.1) is 5.92 Å². The number of carbonyl (C=O) groups is 2. The number of benzene rings is 1. The molecule has 1 aromatic carbocycles. The van der Waals surface area contributed by atoms with Crippen molar-refractivity contribution in [2.45, 2.75) is 38.5 Å². The van der Waals surface area contributed by atoms with Gasteiger partial charge >= 0.3 is 0 Å². The summed E-state index contributed by atoms with van der Waals surface area (Å²) in [6, 6.07) is 6.30. The van der Waals surface area contributed by atoms with E-state index in [1.807, 2.05) is 28.9 Å². The highest BCUT2D eigenvalue weighted by molar-refractivity contribution is 6.06. The molecular weight excluding hydrogens is 336 g/mol. The molecule has 0 radical (unpaired) electrons. The summed E-state index contributed by atoms with van der Waals surface area (Å²) < 4.78 is 7.23. The number of aromatic nitrogens is 2. The molecule has 2 amide bonds. The molecular formula is C18H24N4O4. The van der Waals surface area contributed by atoms with Crippen LogP contribution < -0.4 is 11.1 Å². The van der Waals surface area contributed by atoms with Gasteiger partial charge in [-0.05, 0) is 31.7 Å². The lowest BCUT2D eigenvalue weighted by Gasteiger charge is -2.22. The zero-order valence-corrected chi connectivity index (χ0v) is 14.7. The van der Waals surface area contributed by atoms with E-state index in [2.05, 4.69) is 10.4 Å². The van der Waals surface area contributed by atoms with E-state index in [9.17, 15) is 14.7 Å². The van der Waals surface area contributed by atoms with Crippen LogP contribution in [-0.2, 0) is 16.1 Å². The van der Waals surface area contributed by atoms with Crippen LogP contribution in [0.5, 0.6) is 0 Å². The normalized spacial score (nSPS) is 17.8. The molecule has 1 aliphatic rings. The number of aliphatic hydroxyl groups excluding tert-OH is 1. The number of nitrogens with one attached hydrogen (secondary N) is 1. The van der Waals surface area contributed by atoms with E-state index in [-0.39, 0.29) is 5.69 Å². The maximum absolute atomic E-state index is 12.7. The number of nitrogens with zero attached hydrogens (tertiary/aromatic N) is 2. The Morgan fingerprint density at radius 2 is 2.08 bits per heavy atom. The molecule has 1 saturated heterocycles. The Hall–Kier alpha value is -2.45. The fraction of sp³-hybridized carbons (Fsp3) is 0.500. The molecule has 0 spiro atoms. The Balaban J connectivity index is 1.88. The summed E-state index contributed by atoms with van der Waals surface area (Å²) in [5.41, 5.74) is 6.33. The minimum atomic E-state index is -1.16. The lowest BCUT2D eigenvalue weighted by molar-refractivity contribution is -0.122. The number of primary amides is 1. The number of rotatable bonds is 6. The van der Waals surface area contributed by atoms with Crippen LogP contribution in [0.15, 0.2) is 24.3 Å². The second kappa shape index (κ2) is 7.84. The number of carbonyl (C=O) groups excluding carboxylic acids is 2. The largest absolute Gasteiger partial charge is 0.391 e. The molecule has 8 nitrogen and oxygen atoms in total. The molecule has 3 rings (SSSR count). The van der Waals surface area contributed by atoms with Crippen molar-refractivity contribution in [3.8, 4) is 0 Å². The van der Waals surface area contributed by atoms with Crippen molar-refractivity contribution in [2.24, 2.45) is 11.7 Å². The van der Waals surface area contributed by atoms with Crippen molar-refractivity contribution < 1.29 is 19.4 Å². The van der Waals surface area contributed by atoms with E-state index in [4.69, 9.17) is 10.5 Å². The van der Waals surface area contributed by atoms with E-state index >= 15 is 0 Å². The fourth-order valence-corrected chi connectivity index (χ4v) is 3.25. The molecule has 0 aliphatic carbocycles. The summed E-state index contributed by atoms with van der Waals surface area (Å²) in [7, 11) is 0. The first-order chi connectivity index (χ1) is 12.5. The number of para-hydroxylation sites is 1. The van der Waals surface area contributed by atoms with Gasteiger partial charge in [-0.2, -0.15) is 5.10 Å². The number of hydrogen-bond acceptors (Lipinski definition) is 5. The van der Waals surface area contributed by atoms with Crippen molar-refractivity contribution in [3.05, 3.63) is 30.0 Å². The molecule has 1 fully saturated rings. The molecule has 140 valence electrons. The van der Waals surface area contributed by atoms with Gasteiger partial charge in [0.2, 0.25) is 5.91 Å². The number of nitrogens with two attached hydrogens (primary N) is 1. The second-order valence-corrected chi connectivity index (χ2v) is 6.70. The molecule has 1 aromatic heterocycles. The Bertz CT molecular complexity index is 796. The standard InChI is InChI=1S/C18H24N4O4/c1-11(23)15(17(19)24)20-18(25)16-13-4-2-3-5-14(13)22(21-16)10-12-6-8-26-9-7-12/h2-5,11-12,15,23H,6-10H2,1H3,(H2,19,24)(H,20,25)/t11-,15+/m1/s1. The van der Waals surface area contributed by atoms with Crippen LogP contribution in [0.2, 0.25) is 0 Å². The third-order valence-corrected chi connectivity index (χ3v) is 4.72. The van der Waals surface area contributed by atoms with Gasteiger partial charge in [0.25, 0.3) is 5.91 Å². The van der Waals surface area contributed by atoms with E-state index in [0.29, 0.717) is 17.8 Å². The molecule has 1 aliphatic heterocycles. The van der Waals surface area contributed by atoms with Gasteiger partial charge in [0.1, 0.15) is 6.04 Å². The van der Waals surface area contributed by atoms with Crippen molar-refractivity contribution in [1.82, 2.24) is 15.1 Å². The SMILES string of the molecule is C[C@@H](O)[C@H](NC(=O)c1nn(CC2CCOCC2)c2ccccc12)C(N)=O. The third kappa shape index (κ3) is 3.86. The maximum Gasteiger partial charge on any atom is 0.273 e. The summed E-state index contributed by atoms with van der Waals surface area (Å²) in [6.45, 7) is 3.59. The van der Waals surface area contributed by atoms with Crippen LogP contribution in [0.4, 0.5) is 0 Å². The predicted molar refractivity (Wildman–Crippen MR) is 95.4 cm³/mol. The first-order valence-corrected chi connectivity index (χ1v) is 8.79. The molecule has 4 N–H and O–H groups in total. The number of ether oxygens (including phenoxy) is 1. The average molecular weight is 360 g/mol. The van der Waals surface area contributed by atoms with E-state index in [1.165, 1.54) is 6.92 Å². The molecule has 26 heavy (non-hydrogen) atoms. The van der Waals surface area contributed by atoms with Gasteiger partial charge in [0.15, 0.2) is 5.69 Å². The van der Waals surface area contributed by atoms with Crippen molar-refractivity contribution in [1.29, 1.82) is 0 Å². The fourth-order valence-electron chi connectivity index (χ4n) is 3.25. The summed E-state index contributed by atoms with van der Waals surface area (Å²) in [5, 5.41) is 17.3. The summed E-state index contributed by atoms with van der Waals surface area (Å²) in [5.74, 6) is -0.880. The minimum Gasteiger partial charge on any atom is -0.391 e. The number of fused-ring (bicyclic) bond motifs is 1. The number of amides is 2. The van der Waals surface area contributed by atoms with E-state index < -0.39 is 24.0 Å². The third-order valence-electron chi connectivity index (χ3n) is 4.72. The molecule has 2 heterocycles. The monoisotopic (exact) mass is 360 g/mol. The molecule has 0 bridgehead atoms. The van der Waals surface area contributed by atoms with Crippen LogP contribution >= 0.6 is 0 Å². The number of aliphatic hydroxyl groups is 1. The first-order valence-electron chi connectivity index (χ1n) is 8.79. The highest BCUT2D eigenvalue weighted by atomic mass is 16.5. The lowest BCUT2D eigenvalue weighted by atomic mass is 10.0. The Morgan fingerprint density at radius 3 is 2.73 bits per heavy atom. The Kier molecular flexibility index (Phi) is 5.53. The Labute approximate surface area is 151 Å². The average Bonchev–Trinajstić information content (AvgIpc) is 2.99. The smallest absolute Gasteiger partial charge is 0.273 e. The van der Waals surface area contributed by atoms with Gasteiger partial charge < -0.3 is 20.9 Å². The zero-order valence-electron chi connectivity index (χ0n) is 14.7. The maximum atomic E-state index is 12.7. The van der Waals surface area contributed by atoms with Gasteiger partial charge in [-0.1, -0.05) is 18.2 Å².